The molecule has 1 amide bonds. The van der Waals surface area contributed by atoms with Gasteiger partial charge >= 0.3 is 12.1 Å². The molecule has 0 radical (unpaired) electrons. The molecule has 186 valence electrons. The van der Waals surface area contributed by atoms with Crippen molar-refractivity contribution < 1.29 is 23.8 Å². The number of carbonyl (C=O) groups excluding carboxylic acids is 1. The summed E-state index contributed by atoms with van der Waals surface area (Å²) in [5, 5.41) is 9.39. The van der Waals surface area contributed by atoms with E-state index in [1.807, 2.05) is 37.6 Å². The van der Waals surface area contributed by atoms with E-state index in [0.29, 0.717) is 29.3 Å². The van der Waals surface area contributed by atoms with Crippen molar-refractivity contribution in [3.63, 3.8) is 0 Å². The number of anilines is 1. The number of ether oxygens (including phenoxy) is 1. The summed E-state index contributed by atoms with van der Waals surface area (Å²) in [6, 6.07) is 3.59. The highest BCUT2D eigenvalue weighted by atomic mass is 79.9. The van der Waals surface area contributed by atoms with E-state index in [0.717, 1.165) is 32.2 Å². The molecular weight excluding hydrogens is 495 g/mol. The molecule has 0 atom stereocenters. The van der Waals surface area contributed by atoms with Gasteiger partial charge in [-0.25, -0.2) is 9.78 Å². The Morgan fingerprint density at radius 1 is 1.18 bits per heavy atom. The molecule has 1 aliphatic rings. The van der Waals surface area contributed by atoms with Crippen LogP contribution >= 0.6 is 15.9 Å². The van der Waals surface area contributed by atoms with Crippen molar-refractivity contribution in [3.05, 3.63) is 22.6 Å². The lowest BCUT2D eigenvalue weighted by Crippen LogP contribution is -2.46. The first kappa shape index (κ1) is 27.3. The van der Waals surface area contributed by atoms with E-state index in [1.54, 1.807) is 19.2 Å². The van der Waals surface area contributed by atoms with Gasteiger partial charge in [0.05, 0.1) is 11.0 Å². The minimum Gasteiger partial charge on any atom is -0.480 e. The summed E-state index contributed by atoms with van der Waals surface area (Å²) >= 11 is 3.12. The molecule has 33 heavy (non-hydrogen) atoms. The van der Waals surface area contributed by atoms with Crippen LogP contribution in [0, 0.1) is 11.9 Å². The van der Waals surface area contributed by atoms with Gasteiger partial charge in [-0.2, -0.15) is 4.39 Å². The van der Waals surface area contributed by atoms with Crippen LogP contribution in [0.3, 0.4) is 0 Å². The number of carboxylic acid groups (broad SMARTS) is 1. The van der Waals surface area contributed by atoms with Crippen molar-refractivity contribution in [2.75, 3.05) is 45.2 Å². The van der Waals surface area contributed by atoms with Crippen molar-refractivity contribution in [1.82, 2.24) is 14.8 Å². The second kappa shape index (κ2) is 12.0. The quantitative estimate of drug-likeness (QED) is 0.478. The first-order chi connectivity index (χ1) is 15.4. The van der Waals surface area contributed by atoms with Crippen LogP contribution in [-0.4, -0.2) is 83.9 Å². The minimum atomic E-state index is -0.875. The number of pyridine rings is 1. The van der Waals surface area contributed by atoms with Crippen molar-refractivity contribution in [2.45, 2.75) is 58.1 Å². The number of nitrogens with zero attached hydrogens (tertiary/aromatic N) is 4. The number of carboxylic acids is 1. The summed E-state index contributed by atoms with van der Waals surface area (Å²) in [5.74, 6) is -0.379. The lowest BCUT2D eigenvalue weighted by atomic mass is 9.85. The van der Waals surface area contributed by atoms with Crippen molar-refractivity contribution in [1.29, 1.82) is 0 Å². The van der Waals surface area contributed by atoms with Crippen molar-refractivity contribution >= 4 is 33.8 Å². The Balaban J connectivity index is 1.88. The number of carbonyl (C=O) groups is 2. The second-order valence-corrected chi connectivity index (χ2v) is 10.6. The number of aliphatic carboxylic acids is 1. The Morgan fingerprint density at radius 3 is 2.36 bits per heavy atom. The Morgan fingerprint density at radius 2 is 1.82 bits per heavy atom. The fraction of sp³-hybridized carbons (Fsp3) is 0.696. The van der Waals surface area contributed by atoms with Crippen molar-refractivity contribution in [3.8, 4) is 0 Å². The lowest BCUT2D eigenvalue weighted by molar-refractivity contribution is -0.139. The predicted octanol–water partition coefficient (Wildman–Crippen LogP) is 4.23. The second-order valence-electron chi connectivity index (χ2n) is 9.76. The molecule has 0 unspecified atom stereocenters. The van der Waals surface area contributed by atoms with E-state index in [-0.39, 0.29) is 12.6 Å². The molecule has 1 N–H and O–H groups in total. The van der Waals surface area contributed by atoms with Gasteiger partial charge in [0.15, 0.2) is 0 Å². The summed E-state index contributed by atoms with van der Waals surface area (Å²) in [6.07, 6.45) is 3.24. The number of amides is 1. The third-order valence-corrected chi connectivity index (χ3v) is 6.40. The molecule has 0 aliphatic heterocycles. The third kappa shape index (κ3) is 9.08. The van der Waals surface area contributed by atoms with Crippen LogP contribution < -0.4 is 4.90 Å². The van der Waals surface area contributed by atoms with Crippen LogP contribution in [0.25, 0.3) is 0 Å². The van der Waals surface area contributed by atoms with Gasteiger partial charge in [-0.1, -0.05) is 0 Å². The normalized spacial score (nSPS) is 18.8. The summed E-state index contributed by atoms with van der Waals surface area (Å²) < 4.78 is 19.5. The average Bonchev–Trinajstić information content (AvgIpc) is 2.72. The first-order valence-electron chi connectivity index (χ1n) is 11.3. The number of rotatable bonds is 9. The Bertz CT molecular complexity index is 812. The van der Waals surface area contributed by atoms with Crippen LogP contribution in [0.4, 0.5) is 15.0 Å². The summed E-state index contributed by atoms with van der Waals surface area (Å²) in [7, 11) is 3.57. The van der Waals surface area contributed by atoms with Crippen LogP contribution in [0.15, 0.2) is 16.6 Å². The number of likely N-dealkylation sites (N-methyl/N-ethyl adjacent to an activating group) is 1. The maximum Gasteiger partial charge on any atom is 0.410 e. The molecule has 1 aromatic rings. The standard InChI is InChI=1S/C23H36BrFN4O4/c1-23(2,3)33-22(32)27(4)12-13-29(15-20(30)31)17-8-6-16(7-9-17)14-28(5)19-11-10-18(24)21(25)26-19/h10-11,16-17H,6-9,12-15H2,1-5H3,(H,30,31)/t16-,17-. The Hall–Kier alpha value is -1.94. The van der Waals surface area contributed by atoms with Crippen molar-refractivity contribution in [2.24, 2.45) is 5.92 Å². The summed E-state index contributed by atoms with van der Waals surface area (Å²) in [6.45, 7) is 7.02. The van der Waals surface area contributed by atoms with Gasteiger partial charge in [0.2, 0.25) is 5.95 Å². The number of hydrogen-bond donors (Lipinski definition) is 1. The van der Waals surface area contributed by atoms with E-state index in [4.69, 9.17) is 4.74 Å². The predicted molar refractivity (Wildman–Crippen MR) is 129 cm³/mol. The number of hydrogen-bond acceptors (Lipinski definition) is 6. The fourth-order valence-electron chi connectivity index (χ4n) is 4.07. The molecule has 0 saturated heterocycles. The van der Waals surface area contributed by atoms with Crippen LogP contribution in [0.1, 0.15) is 46.5 Å². The Labute approximate surface area is 204 Å². The SMILES string of the molecule is CN(CCN(CC(=O)O)[C@H]1CC[C@H](CN(C)c2ccc(Br)c(F)n2)CC1)C(=O)OC(C)(C)C. The zero-order valence-electron chi connectivity index (χ0n) is 20.2. The maximum absolute atomic E-state index is 13.8. The highest BCUT2D eigenvalue weighted by Crippen LogP contribution is 2.29. The zero-order chi connectivity index (χ0) is 24.8. The largest absolute Gasteiger partial charge is 0.480 e. The van der Waals surface area contributed by atoms with E-state index in [1.165, 1.54) is 4.90 Å². The monoisotopic (exact) mass is 530 g/mol. The molecule has 1 aliphatic carbocycles. The third-order valence-electron chi connectivity index (χ3n) is 5.81. The molecule has 8 nitrogen and oxygen atoms in total. The van der Waals surface area contributed by atoms with Gasteiger partial charge in [-0.05, 0) is 80.4 Å². The van der Waals surface area contributed by atoms with E-state index < -0.39 is 23.6 Å². The molecule has 1 aromatic heterocycles. The van der Waals surface area contributed by atoms with Gasteiger partial charge in [0, 0.05) is 39.8 Å². The van der Waals surface area contributed by atoms with E-state index >= 15 is 0 Å². The van der Waals surface area contributed by atoms with Gasteiger partial charge in [0.1, 0.15) is 11.4 Å². The molecule has 2 rings (SSSR count). The van der Waals surface area contributed by atoms with Gasteiger partial charge in [-0.15, -0.1) is 0 Å². The van der Waals surface area contributed by atoms with Crippen LogP contribution in [-0.2, 0) is 9.53 Å². The molecule has 1 fully saturated rings. The zero-order valence-corrected chi connectivity index (χ0v) is 21.8. The highest BCUT2D eigenvalue weighted by Gasteiger charge is 2.29. The molecule has 0 bridgehead atoms. The van der Waals surface area contributed by atoms with E-state index in [9.17, 15) is 19.1 Å². The molecule has 10 heteroatoms. The summed E-state index contributed by atoms with van der Waals surface area (Å²) in [5.41, 5.74) is -0.574. The average molecular weight is 531 g/mol. The van der Waals surface area contributed by atoms with Gasteiger partial charge < -0.3 is 19.6 Å². The highest BCUT2D eigenvalue weighted by molar-refractivity contribution is 9.10. The molecule has 0 aromatic carbocycles. The van der Waals surface area contributed by atoms with Gasteiger partial charge in [0.25, 0.3) is 0 Å². The fourth-order valence-corrected chi connectivity index (χ4v) is 4.29. The lowest BCUT2D eigenvalue weighted by Gasteiger charge is -2.38. The van der Waals surface area contributed by atoms with Crippen LogP contribution in [0.2, 0.25) is 0 Å². The molecule has 0 spiro atoms. The molecule has 1 heterocycles. The van der Waals surface area contributed by atoms with E-state index in [2.05, 4.69) is 20.9 Å². The minimum absolute atomic E-state index is 0.0561. The number of halogens is 2. The maximum atomic E-state index is 13.8. The van der Waals surface area contributed by atoms with Gasteiger partial charge in [-0.3, -0.25) is 9.69 Å². The first-order valence-corrected chi connectivity index (χ1v) is 12.1. The number of aromatic nitrogens is 1. The summed E-state index contributed by atoms with van der Waals surface area (Å²) in [4.78, 5) is 33.0. The topological polar surface area (TPSA) is 86.2 Å². The molecular formula is C23H36BrFN4O4. The molecule has 1 saturated carbocycles. The Kier molecular flexibility index (Phi) is 9.90. The smallest absolute Gasteiger partial charge is 0.410 e. The van der Waals surface area contributed by atoms with Crippen LogP contribution in [0.5, 0.6) is 0 Å².